The van der Waals surface area contributed by atoms with Crippen LogP contribution >= 0.6 is 15.9 Å². The first kappa shape index (κ1) is 13.0. The fourth-order valence-corrected chi connectivity index (χ4v) is 1.82. The van der Waals surface area contributed by atoms with E-state index >= 15 is 0 Å². The highest BCUT2D eigenvalue weighted by Gasteiger charge is 2.06. The predicted octanol–water partition coefficient (Wildman–Crippen LogP) is 3.83. The molecule has 0 bridgehead atoms. The quantitative estimate of drug-likeness (QED) is 0.936. The lowest BCUT2D eigenvalue weighted by Crippen LogP contribution is -1.95. The Morgan fingerprint density at radius 2 is 2.11 bits per heavy atom. The summed E-state index contributed by atoms with van der Waals surface area (Å²) in [5.74, 6) is 0.687. The van der Waals surface area contributed by atoms with Gasteiger partial charge in [0.05, 0.1) is 22.5 Å². The topological polar surface area (TPSA) is 42.4 Å². The second-order valence-corrected chi connectivity index (χ2v) is 4.63. The van der Waals surface area contributed by atoms with Crippen LogP contribution in [0, 0.1) is 5.82 Å². The number of aromatic nitrogens is 1. The molecule has 0 saturated carbocycles. The van der Waals surface area contributed by atoms with Gasteiger partial charge in [0.15, 0.2) is 0 Å². The summed E-state index contributed by atoms with van der Waals surface area (Å²) in [6, 6.07) is 7.55. The van der Waals surface area contributed by atoms with Gasteiger partial charge in [-0.2, -0.15) is 0 Å². The molecule has 3 nitrogen and oxygen atoms in total. The molecular formula is C13H11BrFNO2. The number of pyridine rings is 1. The Balaban J connectivity index is 2.18. The Kier molecular flexibility index (Phi) is 3.93. The molecule has 0 aliphatic carbocycles. The van der Waals surface area contributed by atoms with Gasteiger partial charge < -0.3 is 9.84 Å². The molecule has 0 spiro atoms. The van der Waals surface area contributed by atoms with Crippen molar-refractivity contribution in [2.75, 3.05) is 0 Å². The molecule has 0 aliphatic rings. The average Bonchev–Trinajstić information content (AvgIpc) is 2.33. The van der Waals surface area contributed by atoms with Crippen LogP contribution in [0.1, 0.15) is 18.7 Å². The minimum absolute atomic E-state index is 0.336. The first-order chi connectivity index (χ1) is 8.56. The minimum atomic E-state index is -0.614. The summed E-state index contributed by atoms with van der Waals surface area (Å²) in [7, 11) is 0. The van der Waals surface area contributed by atoms with Crippen molar-refractivity contribution in [1.82, 2.24) is 4.98 Å². The van der Waals surface area contributed by atoms with Crippen molar-refractivity contribution in [2.24, 2.45) is 0 Å². The zero-order valence-electron chi connectivity index (χ0n) is 9.60. The highest BCUT2D eigenvalue weighted by molar-refractivity contribution is 9.10. The van der Waals surface area contributed by atoms with Crippen molar-refractivity contribution >= 4 is 15.9 Å². The summed E-state index contributed by atoms with van der Waals surface area (Å²) < 4.78 is 19.0. The largest absolute Gasteiger partial charge is 0.455 e. The Labute approximate surface area is 112 Å². The van der Waals surface area contributed by atoms with Gasteiger partial charge >= 0.3 is 0 Å². The highest BCUT2D eigenvalue weighted by atomic mass is 79.9. The van der Waals surface area contributed by atoms with Crippen molar-refractivity contribution in [2.45, 2.75) is 13.0 Å². The molecule has 1 N–H and O–H groups in total. The molecule has 1 atom stereocenters. The first-order valence-corrected chi connectivity index (χ1v) is 6.12. The molecule has 2 rings (SSSR count). The first-order valence-electron chi connectivity index (χ1n) is 5.33. The number of hydrogen-bond donors (Lipinski definition) is 1. The second-order valence-electron chi connectivity index (χ2n) is 3.77. The third-order valence-electron chi connectivity index (χ3n) is 2.31. The standard InChI is InChI=1S/C13H11BrFNO2/c1-8(17)12-4-3-10(7-16-12)18-13-5-2-9(15)6-11(13)14/h2-8,17H,1H3/t8-/m1/s1. The molecule has 1 aromatic carbocycles. The molecule has 94 valence electrons. The lowest BCUT2D eigenvalue weighted by molar-refractivity contribution is 0.194. The third-order valence-corrected chi connectivity index (χ3v) is 2.93. The molecule has 2 aromatic rings. The zero-order chi connectivity index (χ0) is 13.1. The van der Waals surface area contributed by atoms with Crippen LogP contribution in [0.3, 0.4) is 0 Å². The maximum atomic E-state index is 12.9. The van der Waals surface area contributed by atoms with Crippen molar-refractivity contribution in [3.63, 3.8) is 0 Å². The van der Waals surface area contributed by atoms with E-state index in [-0.39, 0.29) is 5.82 Å². The van der Waals surface area contributed by atoms with Crippen LogP contribution < -0.4 is 4.74 Å². The van der Waals surface area contributed by atoms with Crippen molar-refractivity contribution in [3.8, 4) is 11.5 Å². The van der Waals surface area contributed by atoms with Gasteiger partial charge in [-0.3, -0.25) is 4.98 Å². The molecule has 0 amide bonds. The number of benzene rings is 1. The van der Waals surface area contributed by atoms with E-state index in [0.717, 1.165) is 0 Å². The normalized spacial score (nSPS) is 12.2. The van der Waals surface area contributed by atoms with E-state index in [4.69, 9.17) is 4.74 Å². The van der Waals surface area contributed by atoms with Gasteiger partial charge in [-0.25, -0.2) is 4.39 Å². The van der Waals surface area contributed by atoms with E-state index in [9.17, 15) is 9.50 Å². The number of nitrogens with zero attached hydrogens (tertiary/aromatic N) is 1. The van der Waals surface area contributed by atoms with E-state index < -0.39 is 6.10 Å². The summed E-state index contributed by atoms with van der Waals surface area (Å²) in [6.45, 7) is 1.64. The number of ether oxygens (including phenoxy) is 1. The van der Waals surface area contributed by atoms with Crippen LogP contribution in [-0.4, -0.2) is 10.1 Å². The number of aliphatic hydroxyl groups excluding tert-OH is 1. The van der Waals surface area contributed by atoms with Gasteiger partial charge in [0, 0.05) is 0 Å². The summed E-state index contributed by atoms with van der Waals surface area (Å²) in [5.41, 5.74) is 0.570. The summed E-state index contributed by atoms with van der Waals surface area (Å²) in [4.78, 5) is 4.06. The molecule has 5 heteroatoms. The smallest absolute Gasteiger partial charge is 0.145 e. The van der Waals surface area contributed by atoms with Crippen LogP contribution in [0.2, 0.25) is 0 Å². The fourth-order valence-electron chi connectivity index (χ4n) is 1.38. The van der Waals surface area contributed by atoms with Crippen LogP contribution in [-0.2, 0) is 0 Å². The summed E-state index contributed by atoms with van der Waals surface area (Å²) in [6.07, 6.45) is 0.898. The second kappa shape index (κ2) is 5.46. The maximum absolute atomic E-state index is 12.9. The third kappa shape index (κ3) is 3.05. The predicted molar refractivity (Wildman–Crippen MR) is 69.0 cm³/mol. The molecule has 0 fully saturated rings. The molecule has 1 aromatic heterocycles. The molecule has 0 radical (unpaired) electrons. The molecule has 0 aliphatic heterocycles. The monoisotopic (exact) mass is 311 g/mol. The van der Waals surface area contributed by atoms with Gasteiger partial charge in [-0.15, -0.1) is 0 Å². The van der Waals surface area contributed by atoms with E-state index in [1.165, 1.54) is 24.4 Å². The summed E-state index contributed by atoms with van der Waals surface area (Å²) in [5, 5.41) is 9.33. The van der Waals surface area contributed by atoms with Crippen molar-refractivity contribution in [3.05, 3.63) is 52.5 Å². The van der Waals surface area contributed by atoms with Crippen LogP contribution in [0.4, 0.5) is 4.39 Å². The number of halogens is 2. The van der Waals surface area contributed by atoms with E-state index in [0.29, 0.717) is 21.7 Å². The molecule has 0 unspecified atom stereocenters. The van der Waals surface area contributed by atoms with Crippen LogP contribution in [0.5, 0.6) is 11.5 Å². The molecule has 18 heavy (non-hydrogen) atoms. The summed E-state index contributed by atoms with van der Waals surface area (Å²) >= 11 is 3.22. The van der Waals surface area contributed by atoms with Gasteiger partial charge in [0.2, 0.25) is 0 Å². The number of hydrogen-bond acceptors (Lipinski definition) is 3. The van der Waals surface area contributed by atoms with E-state index in [1.54, 1.807) is 19.1 Å². The van der Waals surface area contributed by atoms with Crippen LogP contribution in [0.15, 0.2) is 41.0 Å². The molecule has 1 heterocycles. The number of rotatable bonds is 3. The molecular weight excluding hydrogens is 301 g/mol. The lowest BCUT2D eigenvalue weighted by atomic mass is 10.2. The average molecular weight is 312 g/mol. The minimum Gasteiger partial charge on any atom is -0.455 e. The maximum Gasteiger partial charge on any atom is 0.145 e. The van der Waals surface area contributed by atoms with Gasteiger partial charge in [-0.05, 0) is 53.2 Å². The Bertz CT molecular complexity index is 543. The SMILES string of the molecule is C[C@@H](O)c1ccc(Oc2ccc(F)cc2Br)cn1. The van der Waals surface area contributed by atoms with Gasteiger partial charge in [0.1, 0.15) is 17.3 Å². The van der Waals surface area contributed by atoms with Gasteiger partial charge in [-0.1, -0.05) is 0 Å². The van der Waals surface area contributed by atoms with E-state index in [2.05, 4.69) is 20.9 Å². The fraction of sp³-hybridized carbons (Fsp3) is 0.154. The van der Waals surface area contributed by atoms with Crippen molar-refractivity contribution in [1.29, 1.82) is 0 Å². The van der Waals surface area contributed by atoms with Gasteiger partial charge in [0.25, 0.3) is 0 Å². The molecule has 0 saturated heterocycles. The Morgan fingerprint density at radius 1 is 1.33 bits per heavy atom. The zero-order valence-corrected chi connectivity index (χ0v) is 11.2. The lowest BCUT2D eigenvalue weighted by Gasteiger charge is -2.08. The van der Waals surface area contributed by atoms with Crippen LogP contribution in [0.25, 0.3) is 0 Å². The Hall–Kier alpha value is -1.46. The highest BCUT2D eigenvalue weighted by Crippen LogP contribution is 2.30. The number of aliphatic hydroxyl groups is 1. The Morgan fingerprint density at radius 3 is 2.67 bits per heavy atom. The van der Waals surface area contributed by atoms with E-state index in [1.807, 2.05) is 0 Å². The van der Waals surface area contributed by atoms with Crippen molar-refractivity contribution < 1.29 is 14.2 Å².